The highest BCUT2D eigenvalue weighted by Crippen LogP contribution is 2.15. The van der Waals surface area contributed by atoms with E-state index in [1.807, 2.05) is 0 Å². The summed E-state index contributed by atoms with van der Waals surface area (Å²) in [6.07, 6.45) is 2.64. The predicted octanol–water partition coefficient (Wildman–Crippen LogP) is 1.88. The summed E-state index contributed by atoms with van der Waals surface area (Å²) in [5.74, 6) is -0.741. The number of carbonyl (C=O) groups is 2. The Bertz CT molecular complexity index is 1170. The number of amides is 2. The lowest BCUT2D eigenvalue weighted by molar-refractivity contribution is -0.139. The molecule has 0 atom stereocenters. The fourth-order valence-electron chi connectivity index (χ4n) is 2.29. The van der Waals surface area contributed by atoms with Crippen LogP contribution in [0.2, 0.25) is 0 Å². The first kappa shape index (κ1) is 22.5. The third-order valence-electron chi connectivity index (χ3n) is 3.81. The quantitative estimate of drug-likeness (QED) is 0.240. The second kappa shape index (κ2) is 10.2. The number of nitrogens with one attached hydrogen (secondary N) is 3. The van der Waals surface area contributed by atoms with Crippen molar-refractivity contribution in [1.29, 1.82) is 0 Å². The van der Waals surface area contributed by atoms with Gasteiger partial charge in [-0.25, -0.2) is 18.6 Å². The highest BCUT2D eigenvalue weighted by molar-refractivity contribution is 9.10. The fourth-order valence-corrected chi connectivity index (χ4v) is 3.55. The number of hydrazone groups is 1. The standard InChI is InChI=1S/C19H17BrN4O6S/c20-13-3-7-17(8-4-13)31(27,28)23-12-16-6-5-15(30-16)11-22-24-19(26)18(25)21-10-14-2-1-9-29-14/h1-9,11,23H,10,12H2,(H,21,25)(H,24,26)/b22-11+. The van der Waals surface area contributed by atoms with E-state index in [-0.39, 0.29) is 23.7 Å². The Morgan fingerprint density at radius 2 is 1.77 bits per heavy atom. The number of nitrogens with zero attached hydrogens (tertiary/aromatic N) is 1. The van der Waals surface area contributed by atoms with Gasteiger partial charge in [0.05, 0.1) is 30.5 Å². The summed E-state index contributed by atoms with van der Waals surface area (Å²) >= 11 is 3.25. The van der Waals surface area contributed by atoms with Gasteiger partial charge in [0.15, 0.2) is 0 Å². The van der Waals surface area contributed by atoms with Crippen molar-refractivity contribution in [3.63, 3.8) is 0 Å². The lowest BCUT2D eigenvalue weighted by Gasteiger charge is -2.05. The summed E-state index contributed by atoms with van der Waals surface area (Å²) in [5.41, 5.74) is 2.07. The minimum absolute atomic E-state index is 0.0701. The zero-order valence-corrected chi connectivity index (χ0v) is 18.3. The van der Waals surface area contributed by atoms with Gasteiger partial charge in [-0.2, -0.15) is 5.10 Å². The molecular formula is C19H17BrN4O6S. The molecule has 162 valence electrons. The van der Waals surface area contributed by atoms with Gasteiger partial charge in [0.2, 0.25) is 10.0 Å². The summed E-state index contributed by atoms with van der Waals surface area (Å²) < 4.78 is 38.2. The van der Waals surface area contributed by atoms with Gasteiger partial charge in [-0.1, -0.05) is 15.9 Å². The van der Waals surface area contributed by atoms with E-state index in [0.717, 1.165) is 4.47 Å². The molecule has 12 heteroatoms. The summed E-state index contributed by atoms with van der Waals surface area (Å²) in [5, 5.41) is 6.02. The van der Waals surface area contributed by atoms with E-state index < -0.39 is 21.8 Å². The molecule has 1 aromatic carbocycles. The number of carbonyl (C=O) groups excluding carboxylic acids is 2. The average Bonchev–Trinajstić information content (AvgIpc) is 3.43. The maximum atomic E-state index is 12.3. The van der Waals surface area contributed by atoms with Crippen LogP contribution in [-0.4, -0.2) is 26.4 Å². The van der Waals surface area contributed by atoms with Crippen LogP contribution >= 0.6 is 15.9 Å². The highest BCUT2D eigenvalue weighted by atomic mass is 79.9. The van der Waals surface area contributed by atoms with Gasteiger partial charge >= 0.3 is 11.8 Å². The second-order valence-electron chi connectivity index (χ2n) is 6.04. The van der Waals surface area contributed by atoms with Gasteiger partial charge < -0.3 is 14.2 Å². The van der Waals surface area contributed by atoms with Crippen LogP contribution in [0, 0.1) is 0 Å². The maximum Gasteiger partial charge on any atom is 0.329 e. The largest absolute Gasteiger partial charge is 0.467 e. The molecule has 0 aliphatic carbocycles. The first-order valence-electron chi connectivity index (χ1n) is 8.81. The number of hydrogen-bond acceptors (Lipinski definition) is 7. The van der Waals surface area contributed by atoms with Crippen molar-refractivity contribution in [2.45, 2.75) is 18.0 Å². The number of hydrogen-bond donors (Lipinski definition) is 3. The summed E-state index contributed by atoms with van der Waals surface area (Å²) in [4.78, 5) is 23.5. The molecule has 3 aromatic rings. The van der Waals surface area contributed by atoms with Crippen LogP contribution in [0.1, 0.15) is 17.3 Å². The molecule has 2 heterocycles. The molecular weight excluding hydrogens is 492 g/mol. The van der Waals surface area contributed by atoms with Crippen molar-refractivity contribution >= 4 is 44.0 Å². The van der Waals surface area contributed by atoms with Crippen molar-refractivity contribution in [1.82, 2.24) is 15.5 Å². The summed E-state index contributed by atoms with van der Waals surface area (Å²) in [7, 11) is -3.70. The monoisotopic (exact) mass is 508 g/mol. The molecule has 0 bridgehead atoms. The Morgan fingerprint density at radius 3 is 2.48 bits per heavy atom. The minimum atomic E-state index is -3.70. The van der Waals surface area contributed by atoms with E-state index in [4.69, 9.17) is 8.83 Å². The first-order chi connectivity index (χ1) is 14.8. The van der Waals surface area contributed by atoms with Crippen LogP contribution in [0.25, 0.3) is 0 Å². The SMILES string of the molecule is O=C(NCc1ccco1)C(=O)N/N=C/c1ccc(CNS(=O)(=O)c2ccc(Br)cc2)o1. The van der Waals surface area contributed by atoms with E-state index >= 15 is 0 Å². The molecule has 3 rings (SSSR count). The zero-order valence-electron chi connectivity index (χ0n) is 15.9. The molecule has 0 aliphatic rings. The van der Waals surface area contributed by atoms with E-state index in [2.05, 4.69) is 36.5 Å². The first-order valence-corrected chi connectivity index (χ1v) is 11.1. The molecule has 0 fully saturated rings. The van der Waals surface area contributed by atoms with Crippen molar-refractivity contribution in [2.75, 3.05) is 0 Å². The molecule has 0 saturated heterocycles. The van der Waals surface area contributed by atoms with Gasteiger partial charge in [-0.3, -0.25) is 9.59 Å². The van der Waals surface area contributed by atoms with E-state index in [1.165, 1.54) is 30.7 Å². The van der Waals surface area contributed by atoms with Crippen LogP contribution in [0.15, 0.2) is 78.1 Å². The molecule has 2 aromatic heterocycles. The van der Waals surface area contributed by atoms with Crippen LogP contribution in [0.4, 0.5) is 0 Å². The van der Waals surface area contributed by atoms with Crippen molar-refractivity contribution in [2.24, 2.45) is 5.10 Å². The van der Waals surface area contributed by atoms with Gasteiger partial charge in [0, 0.05) is 4.47 Å². The van der Waals surface area contributed by atoms with Crippen molar-refractivity contribution < 1.29 is 26.8 Å². The maximum absolute atomic E-state index is 12.3. The Morgan fingerprint density at radius 1 is 1.00 bits per heavy atom. The number of furan rings is 2. The van der Waals surface area contributed by atoms with Crippen LogP contribution in [0.5, 0.6) is 0 Å². The lowest BCUT2D eigenvalue weighted by atomic mass is 10.4. The molecule has 0 aliphatic heterocycles. The predicted molar refractivity (Wildman–Crippen MR) is 113 cm³/mol. The second-order valence-corrected chi connectivity index (χ2v) is 8.73. The fraction of sp³-hybridized carbons (Fsp3) is 0.105. The molecule has 10 nitrogen and oxygen atoms in total. The topological polar surface area (TPSA) is 143 Å². The number of rotatable bonds is 8. The number of halogens is 1. The Hall–Kier alpha value is -3.22. The molecule has 3 N–H and O–H groups in total. The minimum Gasteiger partial charge on any atom is -0.467 e. The number of benzene rings is 1. The van der Waals surface area contributed by atoms with E-state index in [9.17, 15) is 18.0 Å². The molecule has 0 radical (unpaired) electrons. The Balaban J connectivity index is 1.46. The van der Waals surface area contributed by atoms with Crippen LogP contribution in [0.3, 0.4) is 0 Å². The zero-order chi connectivity index (χ0) is 22.3. The Labute approximate surface area is 185 Å². The third kappa shape index (κ3) is 6.64. The van der Waals surface area contributed by atoms with Gasteiger partial charge in [0.25, 0.3) is 0 Å². The molecule has 0 spiro atoms. The summed E-state index contributed by atoms with van der Waals surface area (Å²) in [6.45, 7) is -0.00550. The van der Waals surface area contributed by atoms with Crippen molar-refractivity contribution in [3.8, 4) is 0 Å². The van der Waals surface area contributed by atoms with E-state index in [1.54, 1.807) is 30.3 Å². The van der Waals surface area contributed by atoms with Gasteiger partial charge in [-0.05, 0) is 48.5 Å². The van der Waals surface area contributed by atoms with Gasteiger partial charge in [0.1, 0.15) is 17.3 Å². The lowest BCUT2D eigenvalue weighted by Crippen LogP contribution is -2.37. The summed E-state index contributed by atoms with van der Waals surface area (Å²) in [6, 6.07) is 12.6. The molecule has 31 heavy (non-hydrogen) atoms. The van der Waals surface area contributed by atoms with Crippen LogP contribution < -0.4 is 15.5 Å². The van der Waals surface area contributed by atoms with Crippen molar-refractivity contribution in [3.05, 3.63) is 76.5 Å². The average molecular weight is 509 g/mol. The Kier molecular flexibility index (Phi) is 7.39. The number of sulfonamides is 1. The normalized spacial score (nSPS) is 11.5. The molecule has 0 saturated carbocycles. The van der Waals surface area contributed by atoms with E-state index in [0.29, 0.717) is 11.5 Å². The molecule has 2 amide bonds. The molecule has 0 unspecified atom stereocenters. The smallest absolute Gasteiger partial charge is 0.329 e. The van der Waals surface area contributed by atoms with Gasteiger partial charge in [-0.15, -0.1) is 0 Å². The highest BCUT2D eigenvalue weighted by Gasteiger charge is 2.15. The third-order valence-corrected chi connectivity index (χ3v) is 5.76. The van der Waals surface area contributed by atoms with Crippen LogP contribution in [-0.2, 0) is 32.7 Å².